The van der Waals surface area contributed by atoms with Gasteiger partial charge in [0.05, 0.1) is 6.10 Å². The van der Waals surface area contributed by atoms with Gasteiger partial charge in [-0.1, -0.05) is 60.7 Å². The Morgan fingerprint density at radius 1 is 0.875 bits per heavy atom. The molecule has 1 aliphatic carbocycles. The van der Waals surface area contributed by atoms with Crippen LogP contribution >= 0.6 is 0 Å². The van der Waals surface area contributed by atoms with Crippen molar-refractivity contribution in [3.8, 4) is 16.9 Å². The SMILES string of the molecule is c1ccc(COc2ccc(-c3ccc4c(c3)CC3OC43)cc2)cc1. The predicted molar refractivity (Wildman–Crippen MR) is 94.0 cm³/mol. The molecule has 1 heterocycles. The van der Waals surface area contributed by atoms with E-state index in [1.54, 1.807) is 0 Å². The average molecular weight is 314 g/mol. The molecule has 1 aliphatic heterocycles. The molecule has 0 saturated carbocycles. The van der Waals surface area contributed by atoms with Gasteiger partial charge in [0.1, 0.15) is 18.5 Å². The summed E-state index contributed by atoms with van der Waals surface area (Å²) in [5.74, 6) is 0.901. The molecule has 24 heavy (non-hydrogen) atoms. The molecule has 118 valence electrons. The van der Waals surface area contributed by atoms with Crippen LogP contribution in [0.5, 0.6) is 5.75 Å². The van der Waals surface area contributed by atoms with Crippen LogP contribution in [0, 0.1) is 0 Å². The fraction of sp³-hybridized carbons (Fsp3) is 0.182. The number of benzene rings is 3. The lowest BCUT2D eigenvalue weighted by molar-refractivity contribution is 0.306. The minimum atomic E-state index is 0.378. The van der Waals surface area contributed by atoms with Crippen molar-refractivity contribution in [2.45, 2.75) is 25.2 Å². The van der Waals surface area contributed by atoms with Crippen LogP contribution in [-0.2, 0) is 17.8 Å². The maximum atomic E-state index is 5.86. The van der Waals surface area contributed by atoms with Crippen LogP contribution in [-0.4, -0.2) is 6.10 Å². The molecule has 0 radical (unpaired) electrons. The molecular weight excluding hydrogens is 296 g/mol. The Kier molecular flexibility index (Phi) is 3.17. The van der Waals surface area contributed by atoms with E-state index in [0.29, 0.717) is 18.8 Å². The van der Waals surface area contributed by atoms with Crippen LogP contribution in [0.25, 0.3) is 11.1 Å². The second-order valence-corrected chi connectivity index (χ2v) is 6.51. The molecule has 2 nitrogen and oxygen atoms in total. The Morgan fingerprint density at radius 3 is 2.50 bits per heavy atom. The molecule has 2 heteroatoms. The Morgan fingerprint density at radius 2 is 1.67 bits per heavy atom. The van der Waals surface area contributed by atoms with Crippen molar-refractivity contribution < 1.29 is 9.47 Å². The van der Waals surface area contributed by atoms with Crippen LogP contribution in [0.1, 0.15) is 22.8 Å². The smallest absolute Gasteiger partial charge is 0.119 e. The fourth-order valence-corrected chi connectivity index (χ4v) is 3.51. The van der Waals surface area contributed by atoms with Gasteiger partial charge in [-0.3, -0.25) is 0 Å². The summed E-state index contributed by atoms with van der Waals surface area (Å²) >= 11 is 0. The van der Waals surface area contributed by atoms with Crippen LogP contribution in [0.3, 0.4) is 0 Å². The van der Waals surface area contributed by atoms with Crippen LogP contribution < -0.4 is 4.74 Å². The van der Waals surface area contributed by atoms with Gasteiger partial charge < -0.3 is 9.47 Å². The van der Waals surface area contributed by atoms with E-state index in [2.05, 4.69) is 42.5 Å². The lowest BCUT2D eigenvalue weighted by atomic mass is 10.00. The summed E-state index contributed by atoms with van der Waals surface area (Å²) in [6, 6.07) is 25.3. The van der Waals surface area contributed by atoms with Gasteiger partial charge in [-0.05, 0) is 39.9 Å². The molecule has 1 fully saturated rings. The molecule has 2 unspecified atom stereocenters. The molecule has 0 amide bonds. The van der Waals surface area contributed by atoms with Crippen LogP contribution in [0.4, 0.5) is 0 Å². The highest BCUT2D eigenvalue weighted by molar-refractivity contribution is 5.66. The van der Waals surface area contributed by atoms with Gasteiger partial charge in [0.25, 0.3) is 0 Å². The number of ether oxygens (including phenoxy) is 2. The number of hydrogen-bond acceptors (Lipinski definition) is 2. The van der Waals surface area contributed by atoms with Gasteiger partial charge in [0, 0.05) is 6.42 Å². The maximum Gasteiger partial charge on any atom is 0.119 e. The van der Waals surface area contributed by atoms with Gasteiger partial charge in [-0.25, -0.2) is 0 Å². The number of fused-ring (bicyclic) bond motifs is 3. The molecule has 2 aliphatic rings. The third-order valence-electron chi connectivity index (χ3n) is 4.89. The third-order valence-corrected chi connectivity index (χ3v) is 4.89. The summed E-state index contributed by atoms with van der Waals surface area (Å²) in [6.07, 6.45) is 1.89. The highest BCUT2D eigenvalue weighted by atomic mass is 16.6. The maximum absolute atomic E-state index is 5.86. The fourth-order valence-electron chi connectivity index (χ4n) is 3.51. The largest absolute Gasteiger partial charge is 0.489 e. The van der Waals surface area contributed by atoms with Gasteiger partial charge in [0.15, 0.2) is 0 Å². The molecule has 1 saturated heterocycles. The molecule has 0 aromatic heterocycles. The minimum absolute atomic E-state index is 0.378. The van der Waals surface area contributed by atoms with E-state index in [1.165, 1.54) is 27.8 Å². The number of epoxide rings is 1. The summed E-state index contributed by atoms with van der Waals surface area (Å²) < 4.78 is 11.4. The highest BCUT2D eigenvalue weighted by Crippen LogP contribution is 2.49. The Hall–Kier alpha value is -2.58. The van der Waals surface area contributed by atoms with Gasteiger partial charge in [0.2, 0.25) is 0 Å². The summed E-state index contributed by atoms with van der Waals surface area (Å²) in [5.41, 5.74) is 6.50. The first-order valence-electron chi connectivity index (χ1n) is 8.42. The monoisotopic (exact) mass is 314 g/mol. The van der Waals surface area contributed by atoms with E-state index in [9.17, 15) is 0 Å². The van der Waals surface area contributed by atoms with Crippen molar-refractivity contribution in [2.75, 3.05) is 0 Å². The molecule has 5 rings (SSSR count). The third kappa shape index (κ3) is 2.49. The number of hydrogen-bond donors (Lipinski definition) is 0. The summed E-state index contributed by atoms with van der Waals surface area (Å²) in [6.45, 7) is 0.599. The Bertz CT molecular complexity index is 868. The molecule has 3 aromatic rings. The predicted octanol–water partition coefficient (Wildman–Crippen LogP) is 4.93. The topological polar surface area (TPSA) is 21.8 Å². The zero-order valence-electron chi connectivity index (χ0n) is 13.3. The zero-order valence-corrected chi connectivity index (χ0v) is 13.3. The van der Waals surface area contributed by atoms with Crippen molar-refractivity contribution in [1.29, 1.82) is 0 Å². The molecular formula is C22H18O2. The first-order valence-corrected chi connectivity index (χ1v) is 8.42. The standard InChI is InChI=1S/C22H18O2/c1-2-4-15(5-3-1)14-23-19-9-6-16(7-10-19)17-8-11-20-18(12-17)13-21-22(20)24-21/h1-12,21-22H,13-14H2. The van der Waals surface area contributed by atoms with E-state index in [4.69, 9.17) is 9.47 Å². The molecule has 2 atom stereocenters. The van der Waals surface area contributed by atoms with Crippen molar-refractivity contribution >= 4 is 0 Å². The summed E-state index contributed by atoms with van der Waals surface area (Å²) in [4.78, 5) is 0. The quantitative estimate of drug-likeness (QED) is 0.637. The Labute approximate surface area is 141 Å². The molecule has 0 spiro atoms. The van der Waals surface area contributed by atoms with Crippen LogP contribution in [0.15, 0.2) is 72.8 Å². The Balaban J connectivity index is 1.31. The zero-order chi connectivity index (χ0) is 15.9. The van der Waals surface area contributed by atoms with E-state index in [0.717, 1.165) is 12.2 Å². The van der Waals surface area contributed by atoms with E-state index in [1.807, 2.05) is 30.3 Å². The minimum Gasteiger partial charge on any atom is -0.489 e. The van der Waals surface area contributed by atoms with E-state index >= 15 is 0 Å². The highest BCUT2D eigenvalue weighted by Gasteiger charge is 2.46. The summed E-state index contributed by atoms with van der Waals surface area (Å²) in [7, 11) is 0. The first kappa shape index (κ1) is 13.8. The average Bonchev–Trinajstić information content (AvgIpc) is 3.32. The van der Waals surface area contributed by atoms with Crippen molar-refractivity contribution in [2.24, 2.45) is 0 Å². The van der Waals surface area contributed by atoms with Gasteiger partial charge >= 0.3 is 0 Å². The molecule has 3 aromatic carbocycles. The van der Waals surface area contributed by atoms with Gasteiger partial charge in [-0.2, -0.15) is 0 Å². The second kappa shape index (κ2) is 5.50. The normalized spacial score (nSPS) is 20.3. The van der Waals surface area contributed by atoms with Gasteiger partial charge in [-0.15, -0.1) is 0 Å². The van der Waals surface area contributed by atoms with Crippen molar-refractivity contribution in [1.82, 2.24) is 0 Å². The second-order valence-electron chi connectivity index (χ2n) is 6.51. The lowest BCUT2D eigenvalue weighted by Crippen LogP contribution is -1.94. The van der Waals surface area contributed by atoms with Crippen LogP contribution in [0.2, 0.25) is 0 Å². The first-order chi connectivity index (χ1) is 11.9. The van der Waals surface area contributed by atoms with E-state index in [-0.39, 0.29) is 0 Å². The number of rotatable bonds is 4. The molecule has 0 bridgehead atoms. The lowest BCUT2D eigenvalue weighted by Gasteiger charge is -2.09. The molecule has 0 N–H and O–H groups in total. The van der Waals surface area contributed by atoms with Crippen molar-refractivity contribution in [3.63, 3.8) is 0 Å². The summed E-state index contributed by atoms with van der Waals surface area (Å²) in [5, 5.41) is 0. The van der Waals surface area contributed by atoms with Crippen molar-refractivity contribution in [3.05, 3.63) is 89.5 Å². The van der Waals surface area contributed by atoms with E-state index < -0.39 is 0 Å².